The van der Waals surface area contributed by atoms with Crippen molar-refractivity contribution in [3.63, 3.8) is 0 Å². The topological polar surface area (TPSA) is 63.2 Å². The highest BCUT2D eigenvalue weighted by molar-refractivity contribution is 5.91. The number of hydrogen-bond donors (Lipinski definition) is 0. The molecule has 168 valence electrons. The summed E-state index contributed by atoms with van der Waals surface area (Å²) >= 11 is 0. The van der Waals surface area contributed by atoms with Crippen molar-refractivity contribution in [1.29, 1.82) is 0 Å². The highest BCUT2D eigenvalue weighted by atomic mass is 19.4. The first-order valence-electron chi connectivity index (χ1n) is 9.29. The predicted molar refractivity (Wildman–Crippen MR) is 99.7 cm³/mol. The van der Waals surface area contributed by atoms with E-state index in [2.05, 4.69) is 11.7 Å². The Labute approximate surface area is 175 Å². The van der Waals surface area contributed by atoms with E-state index in [4.69, 9.17) is 18.9 Å². The van der Waals surface area contributed by atoms with Gasteiger partial charge >= 0.3 is 12.3 Å². The van der Waals surface area contributed by atoms with Crippen LogP contribution >= 0.6 is 0 Å². The fourth-order valence-electron chi connectivity index (χ4n) is 2.68. The third-order valence-electron chi connectivity index (χ3n) is 4.28. The minimum Gasteiger partial charge on any atom is -0.491 e. The van der Waals surface area contributed by atoms with Gasteiger partial charge in [-0.25, -0.2) is 9.18 Å². The molecule has 0 aromatic heterocycles. The van der Waals surface area contributed by atoms with Crippen molar-refractivity contribution in [2.75, 3.05) is 33.0 Å². The Balaban J connectivity index is 1.46. The number of ether oxygens (including phenoxy) is 5. The summed E-state index contributed by atoms with van der Waals surface area (Å²) in [4.78, 5) is 12.2. The van der Waals surface area contributed by atoms with E-state index < -0.39 is 23.9 Å². The van der Waals surface area contributed by atoms with Crippen LogP contribution in [0.5, 0.6) is 17.2 Å². The Morgan fingerprint density at radius 2 is 1.74 bits per heavy atom. The average molecular weight is 444 g/mol. The molecule has 0 amide bonds. The standard InChI is InChI=1S/C21H20F4O6/c1-20(12-28-13-20)11-27-8-9-29-15-4-2-14(3-5-15)19(26)30-16-6-7-18(17(22)10-16)31-21(23,24)25/h2-7,10H,8-9,11-13H2,1H3. The molecule has 0 atom stereocenters. The van der Waals surface area contributed by atoms with Crippen LogP contribution in [-0.2, 0) is 9.47 Å². The summed E-state index contributed by atoms with van der Waals surface area (Å²) in [6.45, 7) is 4.76. The zero-order valence-electron chi connectivity index (χ0n) is 16.5. The molecule has 2 aromatic rings. The largest absolute Gasteiger partial charge is 0.573 e. The maximum Gasteiger partial charge on any atom is 0.573 e. The first-order valence-corrected chi connectivity index (χ1v) is 9.29. The van der Waals surface area contributed by atoms with Crippen LogP contribution in [0.3, 0.4) is 0 Å². The molecule has 2 aromatic carbocycles. The molecule has 0 radical (unpaired) electrons. The van der Waals surface area contributed by atoms with Crippen molar-refractivity contribution in [3.05, 3.63) is 53.8 Å². The van der Waals surface area contributed by atoms with E-state index in [0.717, 1.165) is 12.1 Å². The first-order chi connectivity index (χ1) is 14.6. The number of alkyl halides is 3. The quantitative estimate of drug-likeness (QED) is 0.248. The summed E-state index contributed by atoms with van der Waals surface area (Å²) in [5, 5.41) is 0. The van der Waals surface area contributed by atoms with Gasteiger partial charge in [-0.1, -0.05) is 6.92 Å². The van der Waals surface area contributed by atoms with Gasteiger partial charge in [0.05, 0.1) is 32.0 Å². The van der Waals surface area contributed by atoms with Gasteiger partial charge in [0.1, 0.15) is 18.1 Å². The predicted octanol–water partition coefficient (Wildman–Crippen LogP) is 4.38. The highest BCUT2D eigenvalue weighted by Crippen LogP contribution is 2.29. The molecule has 1 fully saturated rings. The molecule has 1 aliphatic heterocycles. The van der Waals surface area contributed by atoms with Crippen LogP contribution in [0.4, 0.5) is 17.6 Å². The van der Waals surface area contributed by atoms with Crippen LogP contribution in [0.1, 0.15) is 17.3 Å². The molecule has 1 heterocycles. The average Bonchev–Trinajstić information content (AvgIpc) is 2.68. The Morgan fingerprint density at radius 1 is 1.06 bits per heavy atom. The van der Waals surface area contributed by atoms with E-state index in [1.807, 2.05) is 0 Å². The van der Waals surface area contributed by atoms with Crippen LogP contribution in [0.15, 0.2) is 42.5 Å². The summed E-state index contributed by atoms with van der Waals surface area (Å²) < 4.78 is 74.9. The van der Waals surface area contributed by atoms with E-state index in [1.54, 1.807) is 12.1 Å². The van der Waals surface area contributed by atoms with E-state index in [0.29, 0.717) is 44.9 Å². The van der Waals surface area contributed by atoms with Gasteiger partial charge in [0, 0.05) is 11.5 Å². The fraction of sp³-hybridized carbons (Fsp3) is 0.381. The molecule has 0 N–H and O–H groups in total. The first kappa shape index (κ1) is 22.8. The third-order valence-corrected chi connectivity index (χ3v) is 4.28. The zero-order chi connectivity index (χ0) is 22.5. The monoisotopic (exact) mass is 444 g/mol. The number of carbonyl (C=O) groups is 1. The van der Waals surface area contributed by atoms with Gasteiger partial charge in [0.15, 0.2) is 11.6 Å². The SMILES string of the molecule is CC1(COCCOc2ccc(C(=O)Oc3ccc(OC(F)(F)F)c(F)c3)cc2)COC1. The lowest BCUT2D eigenvalue weighted by atomic mass is 9.90. The molecule has 31 heavy (non-hydrogen) atoms. The summed E-state index contributed by atoms with van der Waals surface area (Å²) in [6.07, 6.45) is -5.03. The van der Waals surface area contributed by atoms with E-state index in [1.165, 1.54) is 12.1 Å². The van der Waals surface area contributed by atoms with Gasteiger partial charge in [0.2, 0.25) is 0 Å². The number of halogens is 4. The van der Waals surface area contributed by atoms with Crippen LogP contribution in [-0.4, -0.2) is 45.4 Å². The molecule has 1 saturated heterocycles. The minimum absolute atomic E-state index is 0.0661. The molecular weight excluding hydrogens is 424 g/mol. The van der Waals surface area contributed by atoms with Gasteiger partial charge in [-0.05, 0) is 36.4 Å². The number of hydrogen-bond acceptors (Lipinski definition) is 6. The molecule has 6 nitrogen and oxygen atoms in total. The molecule has 3 rings (SSSR count). The summed E-state index contributed by atoms with van der Waals surface area (Å²) in [7, 11) is 0. The van der Waals surface area contributed by atoms with E-state index in [-0.39, 0.29) is 16.7 Å². The fourth-order valence-corrected chi connectivity index (χ4v) is 2.68. The maximum atomic E-state index is 13.7. The number of esters is 1. The van der Waals surface area contributed by atoms with Crippen molar-refractivity contribution >= 4 is 5.97 Å². The minimum atomic E-state index is -5.03. The molecule has 0 aliphatic carbocycles. The Kier molecular flexibility index (Phi) is 7.01. The van der Waals surface area contributed by atoms with Gasteiger partial charge in [-0.3, -0.25) is 0 Å². The molecule has 10 heteroatoms. The maximum absolute atomic E-state index is 13.7. The van der Waals surface area contributed by atoms with Gasteiger partial charge in [-0.2, -0.15) is 0 Å². The lowest BCUT2D eigenvalue weighted by Gasteiger charge is -2.37. The summed E-state index contributed by atoms with van der Waals surface area (Å²) in [5.74, 6) is -2.90. The van der Waals surface area contributed by atoms with Crippen molar-refractivity contribution in [3.8, 4) is 17.2 Å². The van der Waals surface area contributed by atoms with Crippen molar-refractivity contribution < 1.29 is 46.0 Å². The molecule has 1 aliphatic rings. The zero-order valence-corrected chi connectivity index (χ0v) is 16.5. The Bertz CT molecular complexity index is 894. The van der Waals surface area contributed by atoms with Crippen LogP contribution in [0, 0.1) is 11.2 Å². The second-order valence-electron chi connectivity index (χ2n) is 7.26. The van der Waals surface area contributed by atoms with Crippen molar-refractivity contribution in [1.82, 2.24) is 0 Å². The second-order valence-corrected chi connectivity index (χ2v) is 7.26. The number of benzene rings is 2. The van der Waals surface area contributed by atoms with Crippen LogP contribution in [0.25, 0.3) is 0 Å². The molecule has 0 unspecified atom stereocenters. The smallest absolute Gasteiger partial charge is 0.491 e. The Hall–Kier alpha value is -2.85. The number of carbonyl (C=O) groups excluding carboxylic acids is 1. The summed E-state index contributed by atoms with van der Waals surface area (Å²) in [6, 6.07) is 8.35. The molecule has 0 spiro atoms. The molecular formula is C21H20F4O6. The van der Waals surface area contributed by atoms with E-state index in [9.17, 15) is 22.4 Å². The highest BCUT2D eigenvalue weighted by Gasteiger charge is 2.33. The number of rotatable bonds is 9. The van der Waals surface area contributed by atoms with Gasteiger partial charge < -0.3 is 23.7 Å². The summed E-state index contributed by atoms with van der Waals surface area (Å²) in [5.41, 5.74) is 0.217. The molecule has 0 bridgehead atoms. The van der Waals surface area contributed by atoms with Gasteiger partial charge in [0.25, 0.3) is 0 Å². The van der Waals surface area contributed by atoms with Gasteiger partial charge in [-0.15, -0.1) is 13.2 Å². The third kappa shape index (κ3) is 6.83. The normalized spacial score (nSPS) is 15.1. The lowest BCUT2D eigenvalue weighted by Crippen LogP contribution is -2.43. The second kappa shape index (κ2) is 9.52. The molecule has 0 saturated carbocycles. The lowest BCUT2D eigenvalue weighted by molar-refractivity contribution is -0.275. The van der Waals surface area contributed by atoms with Crippen LogP contribution < -0.4 is 14.2 Å². The van der Waals surface area contributed by atoms with Crippen molar-refractivity contribution in [2.24, 2.45) is 5.41 Å². The Morgan fingerprint density at radius 3 is 2.32 bits per heavy atom. The van der Waals surface area contributed by atoms with Crippen molar-refractivity contribution in [2.45, 2.75) is 13.3 Å². The van der Waals surface area contributed by atoms with Crippen LogP contribution in [0.2, 0.25) is 0 Å². The van der Waals surface area contributed by atoms with E-state index >= 15 is 0 Å².